The first kappa shape index (κ1) is 16.5. The van der Waals surface area contributed by atoms with Crippen LogP contribution in [0.3, 0.4) is 0 Å². The lowest BCUT2D eigenvalue weighted by Crippen LogP contribution is -2.36. The fraction of sp³-hybridized carbons (Fsp3) is 0.500. The SMILES string of the molecule is Cc1c(C(=O)NC2CCCCC2)cc(Br)cc1S(N)(=O)=O. The molecule has 0 radical (unpaired) electrons. The Morgan fingerprint density at radius 2 is 1.90 bits per heavy atom. The average molecular weight is 375 g/mol. The molecule has 1 aliphatic carbocycles. The van der Waals surface area contributed by atoms with Gasteiger partial charge in [0.15, 0.2) is 0 Å². The third kappa shape index (κ3) is 4.05. The van der Waals surface area contributed by atoms with E-state index in [1.54, 1.807) is 13.0 Å². The van der Waals surface area contributed by atoms with E-state index in [1.807, 2.05) is 0 Å². The molecule has 0 aromatic heterocycles. The Hall–Kier alpha value is -0.920. The molecule has 0 atom stereocenters. The Labute approximate surface area is 133 Å². The zero-order valence-corrected chi connectivity index (χ0v) is 14.3. The highest BCUT2D eigenvalue weighted by Crippen LogP contribution is 2.25. The van der Waals surface area contributed by atoms with Crippen molar-refractivity contribution in [2.75, 3.05) is 0 Å². The number of hydrogen-bond donors (Lipinski definition) is 2. The first-order valence-corrected chi connectivity index (χ1v) is 9.27. The first-order valence-electron chi connectivity index (χ1n) is 6.93. The zero-order chi connectivity index (χ0) is 15.6. The van der Waals surface area contributed by atoms with Crippen molar-refractivity contribution in [1.82, 2.24) is 5.32 Å². The number of carbonyl (C=O) groups is 1. The fourth-order valence-corrected chi connectivity index (χ4v) is 4.13. The van der Waals surface area contributed by atoms with Crippen molar-refractivity contribution < 1.29 is 13.2 Å². The summed E-state index contributed by atoms with van der Waals surface area (Å²) < 4.78 is 23.7. The van der Waals surface area contributed by atoms with Crippen molar-refractivity contribution in [3.63, 3.8) is 0 Å². The smallest absolute Gasteiger partial charge is 0.251 e. The van der Waals surface area contributed by atoms with Crippen molar-refractivity contribution in [3.8, 4) is 0 Å². The van der Waals surface area contributed by atoms with Crippen molar-refractivity contribution in [2.24, 2.45) is 5.14 Å². The molecule has 1 aliphatic rings. The summed E-state index contributed by atoms with van der Waals surface area (Å²) in [7, 11) is -3.86. The standard InChI is InChI=1S/C14H19BrN2O3S/c1-9-12(7-10(15)8-13(9)21(16,19)20)14(18)17-11-5-3-2-4-6-11/h7-8,11H,2-6H2,1H3,(H,17,18)(H2,16,19,20). The summed E-state index contributed by atoms with van der Waals surface area (Å²) in [4.78, 5) is 12.4. The maximum Gasteiger partial charge on any atom is 0.251 e. The molecule has 1 amide bonds. The van der Waals surface area contributed by atoms with Gasteiger partial charge >= 0.3 is 0 Å². The largest absolute Gasteiger partial charge is 0.349 e. The van der Waals surface area contributed by atoms with Gasteiger partial charge in [-0.3, -0.25) is 4.79 Å². The molecule has 21 heavy (non-hydrogen) atoms. The predicted molar refractivity (Wildman–Crippen MR) is 84.6 cm³/mol. The zero-order valence-electron chi connectivity index (χ0n) is 11.9. The number of carbonyl (C=O) groups excluding carboxylic acids is 1. The fourth-order valence-electron chi connectivity index (χ4n) is 2.70. The van der Waals surface area contributed by atoms with Gasteiger partial charge in [-0.2, -0.15) is 0 Å². The van der Waals surface area contributed by atoms with E-state index in [0.29, 0.717) is 15.6 Å². The second-order valence-corrected chi connectivity index (χ2v) is 7.88. The van der Waals surface area contributed by atoms with E-state index in [1.165, 1.54) is 12.5 Å². The number of sulfonamides is 1. The van der Waals surface area contributed by atoms with Gasteiger partial charge in [-0.05, 0) is 37.5 Å². The molecule has 0 bridgehead atoms. The number of primary sulfonamides is 1. The molecule has 5 nitrogen and oxygen atoms in total. The lowest BCUT2D eigenvalue weighted by atomic mass is 9.95. The number of hydrogen-bond acceptors (Lipinski definition) is 3. The number of halogens is 1. The molecule has 1 aromatic carbocycles. The van der Waals surface area contributed by atoms with Crippen LogP contribution < -0.4 is 10.5 Å². The van der Waals surface area contributed by atoms with Crippen LogP contribution in [0.5, 0.6) is 0 Å². The summed E-state index contributed by atoms with van der Waals surface area (Å²) in [6, 6.07) is 3.21. The summed E-state index contributed by atoms with van der Waals surface area (Å²) in [6.07, 6.45) is 5.38. The molecule has 2 rings (SSSR count). The van der Waals surface area contributed by atoms with E-state index in [2.05, 4.69) is 21.2 Å². The van der Waals surface area contributed by atoms with E-state index in [0.717, 1.165) is 25.7 Å². The molecule has 116 valence electrons. The monoisotopic (exact) mass is 374 g/mol. The quantitative estimate of drug-likeness (QED) is 0.851. The van der Waals surface area contributed by atoms with Gasteiger partial charge in [0.1, 0.15) is 0 Å². The van der Waals surface area contributed by atoms with Gasteiger partial charge in [-0.15, -0.1) is 0 Å². The number of nitrogens with two attached hydrogens (primary N) is 1. The molecule has 0 spiro atoms. The predicted octanol–water partition coefficient (Wildman–Crippen LogP) is 2.47. The van der Waals surface area contributed by atoms with Gasteiger partial charge in [-0.25, -0.2) is 13.6 Å². The summed E-state index contributed by atoms with van der Waals surface area (Å²) in [5, 5.41) is 8.19. The minimum absolute atomic E-state index is 0.0225. The second kappa shape index (κ2) is 6.46. The summed E-state index contributed by atoms with van der Waals surface area (Å²) >= 11 is 3.23. The van der Waals surface area contributed by atoms with Crippen molar-refractivity contribution in [2.45, 2.75) is 50.0 Å². The van der Waals surface area contributed by atoms with Crippen LogP contribution >= 0.6 is 15.9 Å². The molecule has 0 saturated heterocycles. The highest BCUT2D eigenvalue weighted by atomic mass is 79.9. The van der Waals surface area contributed by atoms with E-state index < -0.39 is 10.0 Å². The van der Waals surface area contributed by atoms with E-state index in [-0.39, 0.29) is 16.8 Å². The number of amides is 1. The third-order valence-electron chi connectivity index (χ3n) is 3.82. The normalized spacial score (nSPS) is 16.7. The lowest BCUT2D eigenvalue weighted by Gasteiger charge is -2.23. The lowest BCUT2D eigenvalue weighted by molar-refractivity contribution is 0.0927. The van der Waals surface area contributed by atoms with Crippen molar-refractivity contribution >= 4 is 31.9 Å². The maximum atomic E-state index is 12.4. The number of rotatable bonds is 3. The van der Waals surface area contributed by atoms with Gasteiger partial charge in [0, 0.05) is 16.1 Å². The van der Waals surface area contributed by atoms with Crippen LogP contribution in [-0.2, 0) is 10.0 Å². The van der Waals surface area contributed by atoms with Crippen LogP contribution in [-0.4, -0.2) is 20.4 Å². The molecule has 1 aromatic rings. The Morgan fingerprint density at radius 1 is 1.29 bits per heavy atom. The topological polar surface area (TPSA) is 89.3 Å². The summed E-state index contributed by atoms with van der Waals surface area (Å²) in [5.74, 6) is -0.245. The summed E-state index contributed by atoms with van der Waals surface area (Å²) in [5.41, 5.74) is 0.730. The van der Waals surface area contributed by atoms with Crippen molar-refractivity contribution in [1.29, 1.82) is 0 Å². The van der Waals surface area contributed by atoms with Crippen LogP contribution in [0.4, 0.5) is 0 Å². The highest BCUT2D eigenvalue weighted by molar-refractivity contribution is 9.10. The molecule has 0 unspecified atom stereocenters. The van der Waals surface area contributed by atoms with E-state index >= 15 is 0 Å². The van der Waals surface area contributed by atoms with Crippen LogP contribution in [0.1, 0.15) is 48.0 Å². The van der Waals surface area contributed by atoms with Gasteiger partial charge < -0.3 is 5.32 Å². The van der Waals surface area contributed by atoms with Crippen LogP contribution in [0, 0.1) is 6.92 Å². The average Bonchev–Trinajstić information content (AvgIpc) is 2.40. The third-order valence-corrected chi connectivity index (χ3v) is 5.31. The molecule has 0 heterocycles. The molecule has 1 saturated carbocycles. The summed E-state index contributed by atoms with van der Waals surface area (Å²) in [6.45, 7) is 1.60. The minimum atomic E-state index is -3.86. The Morgan fingerprint density at radius 3 is 2.48 bits per heavy atom. The van der Waals surface area contributed by atoms with Gasteiger partial charge in [0.25, 0.3) is 5.91 Å². The van der Waals surface area contributed by atoms with E-state index in [9.17, 15) is 13.2 Å². The number of benzene rings is 1. The maximum absolute atomic E-state index is 12.4. The minimum Gasteiger partial charge on any atom is -0.349 e. The van der Waals surface area contributed by atoms with Crippen LogP contribution in [0.2, 0.25) is 0 Å². The second-order valence-electron chi connectivity index (χ2n) is 5.43. The Kier molecular flexibility index (Phi) is 5.06. The van der Waals surface area contributed by atoms with Crippen LogP contribution in [0.15, 0.2) is 21.5 Å². The van der Waals surface area contributed by atoms with Gasteiger partial charge in [0.05, 0.1) is 4.90 Å². The highest BCUT2D eigenvalue weighted by Gasteiger charge is 2.22. The molecular formula is C14H19BrN2O3S. The Balaban J connectivity index is 2.30. The molecular weight excluding hydrogens is 356 g/mol. The van der Waals surface area contributed by atoms with Gasteiger partial charge in [-0.1, -0.05) is 35.2 Å². The molecule has 7 heteroatoms. The first-order chi connectivity index (χ1) is 9.79. The molecule has 1 fully saturated rings. The Bertz CT molecular complexity index is 652. The molecule has 3 N–H and O–H groups in total. The van der Waals surface area contributed by atoms with Crippen LogP contribution in [0.25, 0.3) is 0 Å². The molecule has 0 aliphatic heterocycles. The van der Waals surface area contributed by atoms with E-state index in [4.69, 9.17) is 5.14 Å². The number of nitrogens with one attached hydrogen (secondary N) is 1. The van der Waals surface area contributed by atoms with Crippen molar-refractivity contribution in [3.05, 3.63) is 27.7 Å². The van der Waals surface area contributed by atoms with Gasteiger partial charge in [0.2, 0.25) is 10.0 Å².